The SMILES string of the molecule is CCNC(=NCc1ccc(OC)c(OCC)c1)NCc1csc(N(C)C)n1.I. The Labute approximate surface area is 188 Å². The Hall–Kier alpha value is -1.75. The van der Waals surface area contributed by atoms with Crippen LogP contribution < -0.4 is 25.0 Å². The summed E-state index contributed by atoms with van der Waals surface area (Å²) in [4.78, 5) is 11.2. The number of rotatable bonds is 9. The van der Waals surface area contributed by atoms with Crippen molar-refractivity contribution in [3.8, 4) is 11.5 Å². The maximum Gasteiger partial charge on any atom is 0.191 e. The smallest absolute Gasteiger partial charge is 0.191 e. The van der Waals surface area contributed by atoms with Crippen molar-refractivity contribution in [1.29, 1.82) is 0 Å². The maximum atomic E-state index is 5.63. The highest BCUT2D eigenvalue weighted by atomic mass is 127. The van der Waals surface area contributed by atoms with Crippen molar-refractivity contribution in [3.05, 3.63) is 34.8 Å². The molecule has 9 heteroatoms. The quantitative estimate of drug-likeness (QED) is 0.300. The summed E-state index contributed by atoms with van der Waals surface area (Å²) in [6.45, 7) is 6.55. The molecule has 2 rings (SSSR count). The maximum absolute atomic E-state index is 5.63. The monoisotopic (exact) mass is 519 g/mol. The third-order valence-electron chi connectivity index (χ3n) is 3.65. The lowest BCUT2D eigenvalue weighted by molar-refractivity contribution is 0.310. The van der Waals surface area contributed by atoms with Gasteiger partial charge in [-0.3, -0.25) is 0 Å². The predicted octanol–water partition coefficient (Wildman–Crippen LogP) is 3.49. The van der Waals surface area contributed by atoms with E-state index in [1.54, 1.807) is 18.4 Å². The Balaban J connectivity index is 0.00000392. The number of guanidine groups is 1. The molecule has 0 fully saturated rings. The number of halogens is 1. The van der Waals surface area contributed by atoms with Gasteiger partial charge in [0.2, 0.25) is 0 Å². The predicted molar refractivity (Wildman–Crippen MR) is 128 cm³/mol. The van der Waals surface area contributed by atoms with E-state index in [2.05, 4.69) is 26.0 Å². The van der Waals surface area contributed by atoms with Crippen LogP contribution in [0.5, 0.6) is 11.5 Å². The molecule has 28 heavy (non-hydrogen) atoms. The van der Waals surface area contributed by atoms with Crippen molar-refractivity contribution < 1.29 is 9.47 Å². The van der Waals surface area contributed by atoms with Crippen molar-refractivity contribution >= 4 is 46.4 Å². The standard InChI is InChI=1S/C19H29N5O2S.HI/c1-6-20-18(22-12-15-13-27-19(23-15)24(3)4)21-11-14-8-9-16(25-5)17(10-14)26-7-2;/h8-10,13H,6-7,11-12H2,1-5H3,(H2,20,21,22);1H. The Morgan fingerprint density at radius 3 is 2.61 bits per heavy atom. The van der Waals surface area contributed by atoms with Gasteiger partial charge in [0.1, 0.15) is 0 Å². The van der Waals surface area contributed by atoms with Crippen molar-refractivity contribution in [3.63, 3.8) is 0 Å². The molecular formula is C19H30IN5O2S. The topological polar surface area (TPSA) is 71.0 Å². The van der Waals surface area contributed by atoms with E-state index in [9.17, 15) is 0 Å². The van der Waals surface area contributed by atoms with E-state index in [0.29, 0.717) is 19.7 Å². The van der Waals surface area contributed by atoms with Gasteiger partial charge in [0.05, 0.1) is 32.5 Å². The van der Waals surface area contributed by atoms with Crippen LogP contribution in [0.2, 0.25) is 0 Å². The molecule has 0 atom stereocenters. The molecule has 156 valence electrons. The molecule has 1 aromatic carbocycles. The number of hydrogen-bond donors (Lipinski definition) is 2. The Kier molecular flexibility index (Phi) is 11.0. The van der Waals surface area contributed by atoms with Gasteiger partial charge in [-0.15, -0.1) is 35.3 Å². The van der Waals surface area contributed by atoms with Crippen molar-refractivity contribution in [2.45, 2.75) is 26.9 Å². The second kappa shape index (κ2) is 12.7. The molecule has 2 N–H and O–H groups in total. The largest absolute Gasteiger partial charge is 0.493 e. The molecule has 1 aromatic heterocycles. The van der Waals surface area contributed by atoms with Gasteiger partial charge in [0, 0.05) is 26.0 Å². The summed E-state index contributed by atoms with van der Waals surface area (Å²) in [5.74, 6) is 2.23. The summed E-state index contributed by atoms with van der Waals surface area (Å²) < 4.78 is 11.0. The van der Waals surface area contributed by atoms with Crippen LogP contribution >= 0.6 is 35.3 Å². The van der Waals surface area contributed by atoms with E-state index < -0.39 is 0 Å². The van der Waals surface area contributed by atoms with E-state index in [-0.39, 0.29) is 24.0 Å². The average Bonchev–Trinajstić information content (AvgIpc) is 3.14. The highest BCUT2D eigenvalue weighted by molar-refractivity contribution is 14.0. The van der Waals surface area contributed by atoms with E-state index in [0.717, 1.165) is 40.4 Å². The van der Waals surface area contributed by atoms with E-state index in [1.807, 2.05) is 51.0 Å². The van der Waals surface area contributed by atoms with Gasteiger partial charge in [0.15, 0.2) is 22.6 Å². The van der Waals surface area contributed by atoms with Gasteiger partial charge in [0.25, 0.3) is 0 Å². The van der Waals surface area contributed by atoms with Gasteiger partial charge in [-0.05, 0) is 31.5 Å². The van der Waals surface area contributed by atoms with E-state index >= 15 is 0 Å². The molecule has 0 amide bonds. The number of benzene rings is 1. The minimum atomic E-state index is 0. The molecule has 0 aliphatic carbocycles. The third kappa shape index (κ3) is 7.34. The molecule has 0 unspecified atom stereocenters. The molecule has 0 saturated heterocycles. The number of ether oxygens (including phenoxy) is 2. The fourth-order valence-corrected chi connectivity index (χ4v) is 3.12. The lowest BCUT2D eigenvalue weighted by Gasteiger charge is -2.12. The Morgan fingerprint density at radius 1 is 1.21 bits per heavy atom. The van der Waals surface area contributed by atoms with Crippen molar-refractivity contribution in [2.75, 3.05) is 39.3 Å². The van der Waals surface area contributed by atoms with Crippen LogP contribution in [0, 0.1) is 0 Å². The summed E-state index contributed by atoms with van der Waals surface area (Å²) in [5, 5.41) is 9.65. The van der Waals surface area contributed by atoms with Crippen LogP contribution in [0.15, 0.2) is 28.6 Å². The van der Waals surface area contributed by atoms with Crippen LogP contribution in [0.1, 0.15) is 25.1 Å². The molecule has 0 aliphatic rings. The summed E-state index contributed by atoms with van der Waals surface area (Å²) in [6.07, 6.45) is 0. The van der Waals surface area contributed by atoms with Crippen molar-refractivity contribution in [2.24, 2.45) is 4.99 Å². The van der Waals surface area contributed by atoms with Gasteiger partial charge in [-0.1, -0.05) is 6.07 Å². The highest BCUT2D eigenvalue weighted by Crippen LogP contribution is 2.28. The zero-order valence-corrected chi connectivity index (χ0v) is 20.3. The zero-order valence-electron chi connectivity index (χ0n) is 17.1. The third-order valence-corrected chi connectivity index (χ3v) is 4.71. The molecule has 7 nitrogen and oxygen atoms in total. The first-order chi connectivity index (χ1) is 13.1. The molecule has 2 aromatic rings. The number of nitrogens with one attached hydrogen (secondary N) is 2. The van der Waals surface area contributed by atoms with Crippen molar-refractivity contribution in [1.82, 2.24) is 15.6 Å². The minimum absolute atomic E-state index is 0. The highest BCUT2D eigenvalue weighted by Gasteiger charge is 2.07. The molecule has 0 radical (unpaired) electrons. The number of aromatic nitrogens is 1. The molecule has 0 saturated carbocycles. The van der Waals surface area contributed by atoms with Crippen LogP contribution in [0.25, 0.3) is 0 Å². The second-order valence-electron chi connectivity index (χ2n) is 5.98. The van der Waals surface area contributed by atoms with Gasteiger partial charge < -0.3 is 25.0 Å². The normalized spacial score (nSPS) is 10.8. The average molecular weight is 519 g/mol. The lowest BCUT2D eigenvalue weighted by atomic mass is 10.2. The number of aliphatic imine (C=N–C) groups is 1. The number of hydrogen-bond acceptors (Lipinski definition) is 6. The van der Waals surface area contributed by atoms with E-state index in [4.69, 9.17) is 9.47 Å². The minimum Gasteiger partial charge on any atom is -0.493 e. The molecule has 0 aliphatic heterocycles. The van der Waals surface area contributed by atoms with Crippen LogP contribution in [-0.2, 0) is 13.1 Å². The Morgan fingerprint density at radius 2 is 2.00 bits per heavy atom. The first-order valence-corrected chi connectivity index (χ1v) is 9.88. The Bertz CT molecular complexity index is 752. The summed E-state index contributed by atoms with van der Waals surface area (Å²) in [7, 11) is 5.63. The zero-order chi connectivity index (χ0) is 19.6. The molecule has 0 bridgehead atoms. The van der Waals surface area contributed by atoms with Crippen LogP contribution in [-0.4, -0.2) is 45.3 Å². The summed E-state index contributed by atoms with van der Waals surface area (Å²) in [5.41, 5.74) is 2.05. The van der Waals surface area contributed by atoms with Crippen LogP contribution in [0.3, 0.4) is 0 Å². The van der Waals surface area contributed by atoms with Gasteiger partial charge in [-0.25, -0.2) is 9.98 Å². The lowest BCUT2D eigenvalue weighted by Crippen LogP contribution is -2.36. The number of anilines is 1. The molecule has 0 spiro atoms. The van der Waals surface area contributed by atoms with Gasteiger partial charge >= 0.3 is 0 Å². The molecule has 1 heterocycles. The fraction of sp³-hybridized carbons (Fsp3) is 0.474. The first kappa shape index (κ1) is 24.3. The first-order valence-electron chi connectivity index (χ1n) is 9.01. The number of thiazole rings is 1. The summed E-state index contributed by atoms with van der Waals surface area (Å²) >= 11 is 1.63. The number of nitrogens with zero attached hydrogens (tertiary/aromatic N) is 3. The number of methoxy groups -OCH3 is 1. The molecular weight excluding hydrogens is 489 g/mol. The van der Waals surface area contributed by atoms with Crippen LogP contribution in [0.4, 0.5) is 5.13 Å². The van der Waals surface area contributed by atoms with Gasteiger partial charge in [-0.2, -0.15) is 0 Å². The van der Waals surface area contributed by atoms with E-state index in [1.165, 1.54) is 0 Å². The summed E-state index contributed by atoms with van der Waals surface area (Å²) in [6, 6.07) is 5.88. The fourth-order valence-electron chi connectivity index (χ4n) is 2.36. The second-order valence-corrected chi connectivity index (χ2v) is 6.82.